The summed E-state index contributed by atoms with van der Waals surface area (Å²) in [4.78, 5) is 6.52. The van der Waals surface area contributed by atoms with Gasteiger partial charge in [0.05, 0.1) is 16.5 Å². The van der Waals surface area contributed by atoms with E-state index in [0.29, 0.717) is 0 Å². The van der Waals surface area contributed by atoms with Gasteiger partial charge < -0.3 is 4.90 Å². The van der Waals surface area contributed by atoms with Gasteiger partial charge in [0.25, 0.3) is 0 Å². The van der Waals surface area contributed by atoms with E-state index in [1.54, 1.807) is 0 Å². The molecule has 3 heteroatoms. The molecule has 0 aromatic heterocycles. The lowest BCUT2D eigenvalue weighted by Gasteiger charge is -2.23. The molecule has 1 aliphatic rings. The standard InChI is InChI=1S/C17H16N2S/c1-17(2)11-19(15-9-5-3-7-13(15)17)16-10-6-4-8-14(16)18-12-20/h3-10H,11H2,1-2H3. The number of thiocarbonyl (C=S) groups is 1. The van der Waals surface area contributed by atoms with Crippen molar-refractivity contribution in [1.82, 2.24) is 0 Å². The fourth-order valence-corrected chi connectivity index (χ4v) is 3.00. The number of para-hydroxylation sites is 3. The Morgan fingerprint density at radius 2 is 1.70 bits per heavy atom. The molecule has 0 spiro atoms. The smallest absolute Gasteiger partial charge is 0.0976 e. The topological polar surface area (TPSA) is 15.6 Å². The number of aliphatic imine (C=N–C) groups is 1. The molecule has 100 valence electrons. The van der Waals surface area contributed by atoms with Crippen LogP contribution < -0.4 is 4.90 Å². The van der Waals surface area contributed by atoms with Crippen LogP contribution >= 0.6 is 12.2 Å². The molecule has 0 saturated heterocycles. The lowest BCUT2D eigenvalue weighted by atomic mass is 9.87. The van der Waals surface area contributed by atoms with Gasteiger partial charge in [0.2, 0.25) is 0 Å². The van der Waals surface area contributed by atoms with Gasteiger partial charge in [0.1, 0.15) is 0 Å². The molecule has 0 saturated carbocycles. The van der Waals surface area contributed by atoms with Crippen LogP contribution in [-0.2, 0) is 5.41 Å². The first-order valence-corrected chi connectivity index (χ1v) is 7.08. The van der Waals surface area contributed by atoms with E-state index in [1.807, 2.05) is 18.2 Å². The van der Waals surface area contributed by atoms with Crippen LogP contribution in [0.1, 0.15) is 19.4 Å². The highest BCUT2D eigenvalue weighted by Gasteiger charge is 2.35. The van der Waals surface area contributed by atoms with Gasteiger partial charge >= 0.3 is 0 Å². The highest BCUT2D eigenvalue weighted by molar-refractivity contribution is 7.78. The molecular weight excluding hydrogens is 264 g/mol. The van der Waals surface area contributed by atoms with E-state index in [1.165, 1.54) is 11.3 Å². The Morgan fingerprint density at radius 1 is 1.05 bits per heavy atom. The third-order valence-corrected chi connectivity index (χ3v) is 3.91. The Balaban J connectivity index is 2.16. The summed E-state index contributed by atoms with van der Waals surface area (Å²) in [6.07, 6.45) is 0. The van der Waals surface area contributed by atoms with Crippen molar-refractivity contribution in [3.63, 3.8) is 0 Å². The Kier molecular flexibility index (Phi) is 3.17. The molecule has 1 heterocycles. The molecule has 0 unspecified atom stereocenters. The zero-order chi connectivity index (χ0) is 14.2. The molecule has 0 amide bonds. The van der Waals surface area contributed by atoms with Gasteiger partial charge in [-0.15, -0.1) is 0 Å². The van der Waals surface area contributed by atoms with Crippen LogP contribution in [0.4, 0.5) is 17.1 Å². The molecule has 0 fully saturated rings. The van der Waals surface area contributed by atoms with E-state index in [9.17, 15) is 0 Å². The highest BCUT2D eigenvalue weighted by Crippen LogP contribution is 2.46. The van der Waals surface area contributed by atoms with Crippen molar-refractivity contribution in [2.75, 3.05) is 11.4 Å². The molecule has 0 bridgehead atoms. The quantitative estimate of drug-likeness (QED) is 0.577. The predicted octanol–water partition coefficient (Wildman–Crippen LogP) is 4.85. The van der Waals surface area contributed by atoms with Gasteiger partial charge in [-0.1, -0.05) is 44.2 Å². The summed E-state index contributed by atoms with van der Waals surface area (Å²) in [5, 5.41) is 2.47. The zero-order valence-corrected chi connectivity index (χ0v) is 12.4. The SMILES string of the molecule is CC1(C)CN(c2ccccc2N=C=S)c2ccccc21. The van der Waals surface area contributed by atoms with Gasteiger partial charge in [0.15, 0.2) is 0 Å². The zero-order valence-electron chi connectivity index (χ0n) is 11.6. The molecule has 1 aliphatic heterocycles. The number of rotatable bonds is 2. The molecule has 2 nitrogen and oxygen atoms in total. The van der Waals surface area contributed by atoms with E-state index in [-0.39, 0.29) is 5.41 Å². The third-order valence-electron chi connectivity index (χ3n) is 3.82. The van der Waals surface area contributed by atoms with E-state index >= 15 is 0 Å². The molecule has 20 heavy (non-hydrogen) atoms. The summed E-state index contributed by atoms with van der Waals surface area (Å²) < 4.78 is 0. The minimum absolute atomic E-state index is 0.130. The molecule has 2 aromatic rings. The van der Waals surface area contributed by atoms with Crippen LogP contribution in [-0.4, -0.2) is 11.7 Å². The van der Waals surface area contributed by atoms with Crippen LogP contribution in [0.2, 0.25) is 0 Å². The van der Waals surface area contributed by atoms with Crippen molar-refractivity contribution < 1.29 is 0 Å². The monoisotopic (exact) mass is 280 g/mol. The summed E-state index contributed by atoms with van der Waals surface area (Å²) in [5.74, 6) is 0. The average molecular weight is 280 g/mol. The predicted molar refractivity (Wildman–Crippen MR) is 87.6 cm³/mol. The second-order valence-electron chi connectivity index (χ2n) is 5.68. The van der Waals surface area contributed by atoms with Crippen molar-refractivity contribution in [2.24, 2.45) is 4.99 Å². The van der Waals surface area contributed by atoms with Gasteiger partial charge in [-0.3, -0.25) is 0 Å². The first-order valence-electron chi connectivity index (χ1n) is 6.67. The first-order chi connectivity index (χ1) is 9.63. The number of nitrogens with zero attached hydrogens (tertiary/aromatic N) is 2. The van der Waals surface area contributed by atoms with Crippen LogP contribution in [0.15, 0.2) is 53.5 Å². The largest absolute Gasteiger partial charge is 0.339 e. The van der Waals surface area contributed by atoms with Gasteiger partial charge in [0, 0.05) is 17.6 Å². The number of benzene rings is 2. The molecule has 0 atom stereocenters. The fraction of sp³-hybridized carbons (Fsp3) is 0.235. The van der Waals surface area contributed by atoms with Crippen molar-refractivity contribution in [3.05, 3.63) is 54.1 Å². The van der Waals surface area contributed by atoms with E-state index < -0.39 is 0 Å². The number of fused-ring (bicyclic) bond motifs is 1. The van der Waals surface area contributed by atoms with Crippen molar-refractivity contribution in [3.8, 4) is 0 Å². The normalized spacial score (nSPS) is 15.6. The van der Waals surface area contributed by atoms with Crippen LogP contribution in [0, 0.1) is 0 Å². The van der Waals surface area contributed by atoms with Crippen LogP contribution in [0.3, 0.4) is 0 Å². The Hall–Kier alpha value is -1.96. The van der Waals surface area contributed by atoms with Gasteiger partial charge in [-0.05, 0) is 36.0 Å². The number of hydrogen-bond donors (Lipinski definition) is 0. The molecule has 3 rings (SSSR count). The van der Waals surface area contributed by atoms with Crippen molar-refractivity contribution in [1.29, 1.82) is 0 Å². The van der Waals surface area contributed by atoms with Crippen molar-refractivity contribution >= 4 is 34.4 Å². The van der Waals surface area contributed by atoms with Gasteiger partial charge in [-0.2, -0.15) is 4.99 Å². The second kappa shape index (κ2) is 4.86. The van der Waals surface area contributed by atoms with Crippen LogP contribution in [0.5, 0.6) is 0 Å². The molecule has 0 aliphatic carbocycles. The Bertz CT molecular complexity index is 700. The molecule has 2 aromatic carbocycles. The summed E-state index contributed by atoms with van der Waals surface area (Å²) in [6, 6.07) is 16.6. The number of anilines is 2. The average Bonchev–Trinajstić information content (AvgIpc) is 2.72. The summed E-state index contributed by atoms with van der Waals surface area (Å²) in [6.45, 7) is 5.49. The molecule has 0 radical (unpaired) electrons. The first kappa shape index (κ1) is 13.0. The minimum Gasteiger partial charge on any atom is -0.339 e. The molecular formula is C17H16N2S. The van der Waals surface area contributed by atoms with E-state index in [0.717, 1.165) is 17.9 Å². The number of isothiocyanates is 1. The third kappa shape index (κ3) is 2.05. The molecule has 0 N–H and O–H groups in total. The lowest BCUT2D eigenvalue weighted by molar-refractivity contribution is 0.569. The highest BCUT2D eigenvalue weighted by atomic mass is 32.1. The fourth-order valence-electron chi connectivity index (χ4n) is 2.90. The Labute approximate surface area is 124 Å². The van der Waals surface area contributed by atoms with Gasteiger partial charge in [-0.25, -0.2) is 0 Å². The number of hydrogen-bond acceptors (Lipinski definition) is 3. The van der Waals surface area contributed by atoms with Crippen LogP contribution in [0.25, 0.3) is 0 Å². The summed E-state index contributed by atoms with van der Waals surface area (Å²) in [5.41, 5.74) is 4.72. The summed E-state index contributed by atoms with van der Waals surface area (Å²) >= 11 is 4.76. The minimum atomic E-state index is 0.130. The van der Waals surface area contributed by atoms with E-state index in [2.05, 4.69) is 59.2 Å². The maximum absolute atomic E-state index is 4.76. The maximum Gasteiger partial charge on any atom is 0.0976 e. The summed E-state index contributed by atoms with van der Waals surface area (Å²) in [7, 11) is 0. The maximum atomic E-state index is 4.76. The lowest BCUT2D eigenvalue weighted by Crippen LogP contribution is -2.25. The Morgan fingerprint density at radius 3 is 2.45 bits per heavy atom. The van der Waals surface area contributed by atoms with E-state index in [4.69, 9.17) is 12.2 Å². The van der Waals surface area contributed by atoms with Crippen molar-refractivity contribution in [2.45, 2.75) is 19.3 Å². The second-order valence-corrected chi connectivity index (χ2v) is 5.86.